The van der Waals surface area contributed by atoms with Gasteiger partial charge in [-0.2, -0.15) is 0 Å². The van der Waals surface area contributed by atoms with Crippen LogP contribution in [0.1, 0.15) is 11.1 Å². The van der Waals surface area contributed by atoms with Crippen LogP contribution in [0.4, 0.5) is 0 Å². The van der Waals surface area contributed by atoms with Crippen LogP contribution in [0.15, 0.2) is 48.5 Å². The number of halogens is 2. The van der Waals surface area contributed by atoms with E-state index in [2.05, 4.69) is 5.32 Å². The fraction of sp³-hybridized carbons (Fsp3) is 0.188. The zero-order valence-electron chi connectivity index (χ0n) is 11.3. The number of hydrogen-bond donors (Lipinski definition) is 1. The van der Waals surface area contributed by atoms with Gasteiger partial charge in [0.1, 0.15) is 5.75 Å². The van der Waals surface area contributed by atoms with Crippen LogP contribution in [0.3, 0.4) is 0 Å². The molecule has 1 N–H and O–H groups in total. The summed E-state index contributed by atoms with van der Waals surface area (Å²) in [7, 11) is 0. The highest BCUT2D eigenvalue weighted by atomic mass is 35.5. The monoisotopic (exact) mass is 323 g/mol. The summed E-state index contributed by atoms with van der Waals surface area (Å²) in [5.41, 5.74) is 2.03. The van der Waals surface area contributed by atoms with E-state index in [1.807, 2.05) is 24.3 Å². The maximum absolute atomic E-state index is 11.7. The minimum atomic E-state index is -0.189. The van der Waals surface area contributed by atoms with Gasteiger partial charge >= 0.3 is 0 Å². The Morgan fingerprint density at radius 2 is 1.86 bits per heavy atom. The Labute approximate surface area is 133 Å². The molecule has 2 aromatic carbocycles. The molecule has 5 heteroatoms. The van der Waals surface area contributed by atoms with Crippen LogP contribution in [0.2, 0.25) is 5.02 Å². The molecule has 0 aromatic heterocycles. The van der Waals surface area contributed by atoms with Crippen LogP contribution in [0.25, 0.3) is 0 Å². The predicted octanol–water partition coefficient (Wildman–Crippen LogP) is 3.77. The van der Waals surface area contributed by atoms with Crippen molar-refractivity contribution in [3.05, 3.63) is 64.7 Å². The number of ether oxygens (including phenoxy) is 1. The number of hydrogen-bond acceptors (Lipinski definition) is 2. The van der Waals surface area contributed by atoms with Gasteiger partial charge in [-0.1, -0.05) is 41.9 Å². The maximum atomic E-state index is 11.7. The van der Waals surface area contributed by atoms with Gasteiger partial charge in [0.15, 0.2) is 6.61 Å². The topological polar surface area (TPSA) is 38.3 Å². The summed E-state index contributed by atoms with van der Waals surface area (Å²) >= 11 is 11.6. The van der Waals surface area contributed by atoms with Gasteiger partial charge in [0.05, 0.1) is 0 Å². The lowest BCUT2D eigenvalue weighted by Crippen LogP contribution is -2.28. The van der Waals surface area contributed by atoms with Crippen LogP contribution in [0.5, 0.6) is 5.75 Å². The van der Waals surface area contributed by atoms with Gasteiger partial charge < -0.3 is 10.1 Å². The van der Waals surface area contributed by atoms with Crippen LogP contribution in [-0.2, 0) is 17.2 Å². The zero-order valence-corrected chi connectivity index (χ0v) is 12.8. The molecule has 0 fully saturated rings. The summed E-state index contributed by atoms with van der Waals surface area (Å²) < 4.78 is 5.36. The molecular formula is C16H15Cl2NO2. The molecule has 0 saturated heterocycles. The molecule has 21 heavy (non-hydrogen) atoms. The third-order valence-corrected chi connectivity index (χ3v) is 3.35. The molecule has 3 nitrogen and oxygen atoms in total. The second-order valence-corrected chi connectivity index (χ2v) is 5.18. The van der Waals surface area contributed by atoms with E-state index in [0.29, 0.717) is 23.2 Å². The number of alkyl halides is 1. The van der Waals surface area contributed by atoms with Crippen molar-refractivity contribution in [2.45, 2.75) is 12.4 Å². The average Bonchev–Trinajstić information content (AvgIpc) is 2.51. The SMILES string of the molecule is O=C(COc1cccc(Cl)c1)NCc1cccc(CCl)c1. The highest BCUT2D eigenvalue weighted by Gasteiger charge is 2.03. The van der Waals surface area contributed by atoms with Crippen molar-refractivity contribution in [3.63, 3.8) is 0 Å². The summed E-state index contributed by atoms with van der Waals surface area (Å²) in [6.07, 6.45) is 0. The molecular weight excluding hydrogens is 309 g/mol. The molecule has 0 atom stereocenters. The van der Waals surface area contributed by atoms with Gasteiger partial charge in [0.25, 0.3) is 5.91 Å². The number of carbonyl (C=O) groups is 1. The van der Waals surface area contributed by atoms with Gasteiger partial charge in [-0.05, 0) is 29.3 Å². The molecule has 0 aliphatic carbocycles. The molecule has 0 unspecified atom stereocenters. The first kappa shape index (κ1) is 15.7. The molecule has 2 aromatic rings. The van der Waals surface area contributed by atoms with E-state index < -0.39 is 0 Å². The lowest BCUT2D eigenvalue weighted by atomic mass is 10.1. The molecule has 110 valence electrons. The second-order valence-electron chi connectivity index (χ2n) is 4.48. The molecule has 0 spiro atoms. The summed E-state index contributed by atoms with van der Waals surface area (Å²) in [5, 5.41) is 3.37. The Morgan fingerprint density at radius 1 is 1.10 bits per heavy atom. The molecule has 0 bridgehead atoms. The standard InChI is InChI=1S/C16H15Cl2NO2/c17-9-12-3-1-4-13(7-12)10-19-16(20)11-21-15-6-2-5-14(18)8-15/h1-8H,9-11H2,(H,19,20). The average molecular weight is 324 g/mol. The lowest BCUT2D eigenvalue weighted by molar-refractivity contribution is -0.123. The number of amides is 1. The fourth-order valence-electron chi connectivity index (χ4n) is 1.78. The smallest absolute Gasteiger partial charge is 0.258 e. The Hall–Kier alpha value is -1.71. The largest absolute Gasteiger partial charge is 0.484 e. The first-order valence-electron chi connectivity index (χ1n) is 6.46. The number of nitrogens with one attached hydrogen (secondary N) is 1. The van der Waals surface area contributed by atoms with E-state index in [1.165, 1.54) is 0 Å². The normalized spacial score (nSPS) is 10.2. The van der Waals surface area contributed by atoms with E-state index >= 15 is 0 Å². The van der Waals surface area contributed by atoms with Crippen LogP contribution >= 0.6 is 23.2 Å². The Kier molecular flexibility index (Phi) is 5.90. The van der Waals surface area contributed by atoms with E-state index in [-0.39, 0.29) is 12.5 Å². The minimum Gasteiger partial charge on any atom is -0.484 e. The van der Waals surface area contributed by atoms with E-state index in [9.17, 15) is 4.79 Å². The van der Waals surface area contributed by atoms with Crippen molar-refractivity contribution >= 4 is 29.1 Å². The first-order chi connectivity index (χ1) is 10.2. The molecule has 0 saturated carbocycles. The highest BCUT2D eigenvalue weighted by molar-refractivity contribution is 6.30. The molecule has 0 radical (unpaired) electrons. The lowest BCUT2D eigenvalue weighted by Gasteiger charge is -2.08. The molecule has 0 heterocycles. The van der Waals surface area contributed by atoms with Crippen molar-refractivity contribution < 1.29 is 9.53 Å². The van der Waals surface area contributed by atoms with Crippen molar-refractivity contribution in [2.24, 2.45) is 0 Å². The summed E-state index contributed by atoms with van der Waals surface area (Å²) in [6.45, 7) is 0.401. The van der Waals surface area contributed by atoms with Crippen molar-refractivity contribution in [1.29, 1.82) is 0 Å². The molecule has 2 rings (SSSR count). The van der Waals surface area contributed by atoms with Crippen LogP contribution < -0.4 is 10.1 Å². The van der Waals surface area contributed by atoms with Crippen molar-refractivity contribution in [1.82, 2.24) is 5.32 Å². The Bertz CT molecular complexity index is 617. The van der Waals surface area contributed by atoms with E-state index in [0.717, 1.165) is 11.1 Å². The second kappa shape index (κ2) is 7.91. The highest BCUT2D eigenvalue weighted by Crippen LogP contribution is 2.16. The van der Waals surface area contributed by atoms with Crippen molar-refractivity contribution in [3.8, 4) is 5.75 Å². The summed E-state index contributed by atoms with van der Waals surface area (Å²) in [6, 6.07) is 14.7. The minimum absolute atomic E-state index is 0.0461. The third kappa shape index (κ3) is 5.29. The number of rotatable bonds is 6. The predicted molar refractivity (Wildman–Crippen MR) is 84.8 cm³/mol. The van der Waals surface area contributed by atoms with Gasteiger partial charge in [-0.15, -0.1) is 11.6 Å². The summed E-state index contributed by atoms with van der Waals surface area (Å²) in [5.74, 6) is 0.840. The molecule has 0 aliphatic heterocycles. The van der Waals surface area contributed by atoms with Gasteiger partial charge in [-0.25, -0.2) is 0 Å². The third-order valence-electron chi connectivity index (χ3n) is 2.80. The quantitative estimate of drug-likeness (QED) is 0.822. The zero-order chi connectivity index (χ0) is 15.1. The van der Waals surface area contributed by atoms with Gasteiger partial charge in [0, 0.05) is 17.4 Å². The van der Waals surface area contributed by atoms with Crippen LogP contribution in [0, 0.1) is 0 Å². The van der Waals surface area contributed by atoms with E-state index in [4.69, 9.17) is 27.9 Å². The Balaban J connectivity index is 1.79. The van der Waals surface area contributed by atoms with Crippen molar-refractivity contribution in [2.75, 3.05) is 6.61 Å². The number of benzene rings is 2. The van der Waals surface area contributed by atoms with Gasteiger partial charge in [0.2, 0.25) is 0 Å². The number of carbonyl (C=O) groups excluding carboxylic acids is 1. The van der Waals surface area contributed by atoms with E-state index in [1.54, 1.807) is 24.3 Å². The maximum Gasteiger partial charge on any atom is 0.258 e. The Morgan fingerprint density at radius 3 is 2.62 bits per heavy atom. The van der Waals surface area contributed by atoms with Gasteiger partial charge in [-0.3, -0.25) is 4.79 Å². The fourth-order valence-corrected chi connectivity index (χ4v) is 2.13. The summed E-state index contributed by atoms with van der Waals surface area (Å²) in [4.78, 5) is 11.7. The molecule has 1 amide bonds. The first-order valence-corrected chi connectivity index (χ1v) is 7.37. The van der Waals surface area contributed by atoms with Crippen LogP contribution in [-0.4, -0.2) is 12.5 Å². The molecule has 0 aliphatic rings.